The molecule has 0 fully saturated rings. The van der Waals surface area contributed by atoms with Crippen LogP contribution in [0.5, 0.6) is 0 Å². The summed E-state index contributed by atoms with van der Waals surface area (Å²) < 4.78 is 5.45. The van der Waals surface area contributed by atoms with Crippen LogP contribution in [0.25, 0.3) is 0 Å². The quantitative estimate of drug-likeness (QED) is 0.666. The van der Waals surface area contributed by atoms with Crippen LogP contribution in [-0.4, -0.2) is 28.4 Å². The van der Waals surface area contributed by atoms with Crippen molar-refractivity contribution in [2.75, 3.05) is 0 Å². The molecule has 28 heavy (non-hydrogen) atoms. The molecule has 148 valence electrons. The van der Waals surface area contributed by atoms with Gasteiger partial charge in [0, 0.05) is 27.6 Å². The van der Waals surface area contributed by atoms with E-state index in [1.54, 1.807) is 57.2 Å². The molecule has 4 nitrogen and oxygen atoms in total. The first-order valence-corrected chi connectivity index (χ1v) is 9.52. The van der Waals surface area contributed by atoms with E-state index in [2.05, 4.69) is 11.8 Å². The average molecular weight is 421 g/mol. The molecule has 0 saturated heterocycles. The maximum atomic E-state index is 11.4. The molecule has 0 aliphatic heterocycles. The first-order chi connectivity index (χ1) is 13.1. The van der Waals surface area contributed by atoms with Gasteiger partial charge in [0.15, 0.2) is 6.10 Å². The minimum atomic E-state index is -1.47. The lowest BCUT2D eigenvalue weighted by Crippen LogP contribution is -2.29. The third-order valence-corrected chi connectivity index (χ3v) is 4.51. The van der Waals surface area contributed by atoms with Gasteiger partial charge in [-0.3, -0.25) is 0 Å². The van der Waals surface area contributed by atoms with Crippen molar-refractivity contribution in [3.63, 3.8) is 0 Å². The molecule has 2 aromatic carbocycles. The number of benzene rings is 2. The van der Waals surface area contributed by atoms with E-state index in [1.165, 1.54) is 0 Å². The number of hydrogen-bond acceptors (Lipinski definition) is 3. The molecule has 0 aliphatic carbocycles. The third kappa shape index (κ3) is 6.25. The monoisotopic (exact) mass is 420 g/mol. The van der Waals surface area contributed by atoms with Crippen molar-refractivity contribution in [1.29, 1.82) is 0 Å². The number of halogens is 2. The molecular weight excluding hydrogens is 399 g/mol. The van der Waals surface area contributed by atoms with Gasteiger partial charge in [0.05, 0.1) is 6.10 Å². The van der Waals surface area contributed by atoms with E-state index in [4.69, 9.17) is 27.9 Å². The predicted octanol–water partition coefficient (Wildman–Crippen LogP) is 4.67. The Labute approximate surface area is 175 Å². The second-order valence-electron chi connectivity index (χ2n) is 6.86. The van der Waals surface area contributed by atoms with E-state index in [9.17, 15) is 15.0 Å². The fraction of sp³-hybridized carbons (Fsp3) is 0.318. The molecule has 2 unspecified atom stereocenters. The summed E-state index contributed by atoms with van der Waals surface area (Å²) in [7, 11) is 0. The van der Waals surface area contributed by atoms with Gasteiger partial charge in [0.2, 0.25) is 0 Å². The summed E-state index contributed by atoms with van der Waals surface area (Å²) in [4.78, 5) is 11.4. The van der Waals surface area contributed by atoms with Gasteiger partial charge in [-0.05, 0) is 50.6 Å². The van der Waals surface area contributed by atoms with E-state index in [0.717, 1.165) is 5.56 Å². The summed E-state index contributed by atoms with van der Waals surface area (Å²) in [5, 5.41) is 20.8. The van der Waals surface area contributed by atoms with E-state index in [-0.39, 0.29) is 12.5 Å². The first-order valence-electron chi connectivity index (χ1n) is 8.77. The highest BCUT2D eigenvalue weighted by molar-refractivity contribution is 6.35. The normalized spacial score (nSPS) is 14.1. The minimum Gasteiger partial charge on any atom is -0.479 e. The van der Waals surface area contributed by atoms with Crippen LogP contribution in [0.2, 0.25) is 10.0 Å². The number of carboxylic acids is 1. The topological polar surface area (TPSA) is 66.8 Å². The Kier molecular flexibility index (Phi) is 7.51. The fourth-order valence-corrected chi connectivity index (χ4v) is 3.25. The number of carbonyl (C=O) groups is 1. The molecule has 0 saturated carbocycles. The van der Waals surface area contributed by atoms with Crippen LogP contribution < -0.4 is 0 Å². The van der Waals surface area contributed by atoms with Gasteiger partial charge in [0.25, 0.3) is 0 Å². The predicted molar refractivity (Wildman–Crippen MR) is 111 cm³/mol. The molecule has 0 heterocycles. The van der Waals surface area contributed by atoms with E-state index < -0.39 is 17.7 Å². The number of ether oxygens (including phenoxy) is 1. The molecule has 0 spiro atoms. The number of aliphatic carboxylic acids is 1. The highest BCUT2D eigenvalue weighted by atomic mass is 35.5. The Morgan fingerprint density at radius 2 is 1.93 bits per heavy atom. The molecule has 2 aromatic rings. The Morgan fingerprint density at radius 1 is 1.21 bits per heavy atom. The molecule has 0 aliphatic rings. The van der Waals surface area contributed by atoms with E-state index in [1.807, 2.05) is 6.07 Å². The lowest BCUT2D eigenvalue weighted by atomic mass is 9.96. The third-order valence-electron chi connectivity index (χ3n) is 3.97. The second-order valence-corrected chi connectivity index (χ2v) is 7.71. The molecule has 0 amide bonds. The van der Waals surface area contributed by atoms with Crippen molar-refractivity contribution in [2.24, 2.45) is 0 Å². The van der Waals surface area contributed by atoms with Gasteiger partial charge in [-0.15, -0.1) is 0 Å². The number of rotatable bonds is 6. The Hall–Kier alpha value is -2.03. The fourth-order valence-electron chi connectivity index (χ4n) is 2.66. The van der Waals surface area contributed by atoms with Crippen molar-refractivity contribution in [3.8, 4) is 11.8 Å². The van der Waals surface area contributed by atoms with Crippen LogP contribution in [0.4, 0.5) is 0 Å². The molecule has 0 bridgehead atoms. The van der Waals surface area contributed by atoms with Crippen molar-refractivity contribution >= 4 is 29.2 Å². The van der Waals surface area contributed by atoms with Gasteiger partial charge in [-0.1, -0.05) is 53.2 Å². The van der Waals surface area contributed by atoms with Crippen molar-refractivity contribution in [3.05, 3.63) is 69.2 Å². The van der Waals surface area contributed by atoms with Crippen molar-refractivity contribution in [2.45, 2.75) is 45.0 Å². The van der Waals surface area contributed by atoms with Crippen LogP contribution >= 0.6 is 23.2 Å². The number of aliphatic hydroxyl groups is 1. The zero-order chi connectivity index (χ0) is 20.9. The molecule has 0 radical (unpaired) electrons. The average Bonchev–Trinajstić information content (AvgIpc) is 2.59. The summed E-state index contributed by atoms with van der Waals surface area (Å²) in [6, 6.07) is 12.0. The number of carboxylic acid groups (broad SMARTS) is 1. The molecule has 0 aromatic heterocycles. The van der Waals surface area contributed by atoms with Crippen LogP contribution in [0.3, 0.4) is 0 Å². The SMILES string of the molecule is CC(C)OC(Cc1cccc(C#CC(C)(O)c2ccc(Cl)cc2Cl)c1)C(=O)O. The maximum Gasteiger partial charge on any atom is 0.333 e. The van der Waals surface area contributed by atoms with Gasteiger partial charge < -0.3 is 14.9 Å². The van der Waals surface area contributed by atoms with Crippen LogP contribution in [0.15, 0.2) is 42.5 Å². The highest BCUT2D eigenvalue weighted by Gasteiger charge is 2.23. The standard InChI is InChI=1S/C22H22Cl2O4/c1-14(2)28-20(21(25)26)12-16-6-4-5-15(11-16)9-10-22(3,27)18-8-7-17(23)13-19(18)24/h4-8,11,13-14,20,27H,12H2,1-3H3,(H,25,26). The van der Waals surface area contributed by atoms with Crippen LogP contribution in [0.1, 0.15) is 37.5 Å². The molecule has 2 rings (SSSR count). The summed E-state index contributed by atoms with van der Waals surface area (Å²) >= 11 is 12.1. The Bertz CT molecular complexity index is 910. The zero-order valence-corrected chi connectivity index (χ0v) is 17.4. The van der Waals surface area contributed by atoms with E-state index in [0.29, 0.717) is 21.2 Å². The first kappa shape index (κ1) is 22.3. The summed E-state index contributed by atoms with van der Waals surface area (Å²) in [5.41, 5.74) is 0.418. The maximum absolute atomic E-state index is 11.4. The summed E-state index contributed by atoms with van der Waals surface area (Å²) in [6.45, 7) is 5.14. The number of hydrogen-bond donors (Lipinski definition) is 2. The van der Waals surface area contributed by atoms with Crippen LogP contribution in [-0.2, 0) is 21.6 Å². The molecule has 6 heteroatoms. The molecule has 2 atom stereocenters. The van der Waals surface area contributed by atoms with Gasteiger partial charge in [-0.25, -0.2) is 4.79 Å². The van der Waals surface area contributed by atoms with Crippen LogP contribution in [0, 0.1) is 11.8 Å². The highest BCUT2D eigenvalue weighted by Crippen LogP contribution is 2.30. The minimum absolute atomic E-state index is 0.191. The van der Waals surface area contributed by atoms with Crippen molar-refractivity contribution in [1.82, 2.24) is 0 Å². The molecule has 2 N–H and O–H groups in total. The Morgan fingerprint density at radius 3 is 2.54 bits per heavy atom. The van der Waals surface area contributed by atoms with Gasteiger partial charge in [-0.2, -0.15) is 0 Å². The van der Waals surface area contributed by atoms with E-state index >= 15 is 0 Å². The second kappa shape index (κ2) is 9.45. The van der Waals surface area contributed by atoms with Gasteiger partial charge in [0.1, 0.15) is 5.60 Å². The summed E-state index contributed by atoms with van der Waals surface area (Å²) in [5.74, 6) is 4.74. The van der Waals surface area contributed by atoms with Crippen molar-refractivity contribution < 1.29 is 19.7 Å². The smallest absolute Gasteiger partial charge is 0.333 e. The lowest BCUT2D eigenvalue weighted by molar-refractivity contribution is -0.153. The van der Waals surface area contributed by atoms with Gasteiger partial charge >= 0.3 is 5.97 Å². The Balaban J connectivity index is 2.24. The summed E-state index contributed by atoms with van der Waals surface area (Å²) in [6.07, 6.45) is -0.898. The molecular formula is C22H22Cl2O4. The largest absolute Gasteiger partial charge is 0.479 e. The zero-order valence-electron chi connectivity index (χ0n) is 15.9. The lowest BCUT2D eigenvalue weighted by Gasteiger charge is -2.18.